The van der Waals surface area contributed by atoms with Crippen molar-refractivity contribution in [2.24, 2.45) is 0 Å². The minimum absolute atomic E-state index is 0.334. The summed E-state index contributed by atoms with van der Waals surface area (Å²) in [5, 5.41) is 8.40. The van der Waals surface area contributed by atoms with E-state index in [2.05, 4.69) is 84.9 Å². The van der Waals surface area contributed by atoms with Gasteiger partial charge in [0.1, 0.15) is 0 Å². The van der Waals surface area contributed by atoms with E-state index < -0.39 is 8.80 Å². The summed E-state index contributed by atoms with van der Waals surface area (Å²) in [4.78, 5) is 0. The molecule has 0 N–H and O–H groups in total. The molecule has 0 bridgehead atoms. The first kappa shape index (κ1) is 16.7. The van der Waals surface area contributed by atoms with Crippen LogP contribution in [0, 0.1) is 0 Å². The molecule has 1 nitrogen and oxygen atoms in total. The first-order valence-electron chi connectivity index (χ1n) is 9.86. The van der Waals surface area contributed by atoms with Gasteiger partial charge in [0.05, 0.1) is 5.73 Å². The quantitative estimate of drug-likeness (QED) is 0.477. The van der Waals surface area contributed by atoms with E-state index in [0.29, 0.717) is 5.73 Å². The van der Waals surface area contributed by atoms with E-state index in [9.17, 15) is 0 Å². The van der Waals surface area contributed by atoms with E-state index in [4.69, 9.17) is 4.74 Å². The lowest BCUT2D eigenvalue weighted by Gasteiger charge is -2.31. The Balaban J connectivity index is 1.76. The molecule has 1 radical (unpaired) electrons. The summed E-state index contributed by atoms with van der Waals surface area (Å²) >= 11 is 0. The Hall–Kier alpha value is -2.42. The average Bonchev–Trinajstić information content (AvgIpc) is 2.75. The molecule has 0 aromatic heterocycles. The van der Waals surface area contributed by atoms with Crippen molar-refractivity contribution in [1.82, 2.24) is 0 Å². The fraction of sp³-hybridized carbons (Fsp3) is 0.200. The lowest BCUT2D eigenvalue weighted by atomic mass is 10.1. The molecule has 133 valence electrons. The van der Waals surface area contributed by atoms with Crippen LogP contribution in [0.25, 0.3) is 21.5 Å². The number of rotatable bonds is 3. The number of hydrogen-bond donors (Lipinski definition) is 0. The standard InChI is InChI=1S/C25H23OSi/c1-3-13-21-19(9-1)11-7-15-23(21)27(25-17-5-6-18-26-25)24-16-8-12-20-10-2-4-14-22(20)24/h1-4,7-16,25H,5-6,17-18H2. The molecule has 1 saturated heterocycles. The first-order valence-corrected chi connectivity index (χ1v) is 11.4. The highest BCUT2D eigenvalue weighted by Crippen LogP contribution is 2.21. The van der Waals surface area contributed by atoms with Gasteiger partial charge >= 0.3 is 0 Å². The minimum atomic E-state index is -1.07. The van der Waals surface area contributed by atoms with Crippen LogP contribution in [0.15, 0.2) is 84.9 Å². The van der Waals surface area contributed by atoms with Crippen molar-refractivity contribution in [3.8, 4) is 0 Å². The van der Waals surface area contributed by atoms with Gasteiger partial charge < -0.3 is 4.74 Å². The second-order valence-electron chi connectivity index (χ2n) is 7.32. The fourth-order valence-corrected chi connectivity index (χ4v) is 7.73. The topological polar surface area (TPSA) is 9.23 Å². The van der Waals surface area contributed by atoms with Crippen LogP contribution < -0.4 is 10.4 Å². The second-order valence-corrected chi connectivity index (χ2v) is 9.87. The van der Waals surface area contributed by atoms with Gasteiger partial charge in [-0.25, -0.2) is 0 Å². The molecule has 0 amide bonds. The van der Waals surface area contributed by atoms with Gasteiger partial charge in [0.15, 0.2) is 8.80 Å². The third-order valence-electron chi connectivity index (χ3n) is 5.66. The SMILES string of the molecule is c1ccc2c([Si](c3cccc4ccccc34)C3CCCCO3)cccc2c1. The molecule has 1 atom stereocenters. The van der Waals surface area contributed by atoms with Crippen LogP contribution in [-0.2, 0) is 4.74 Å². The van der Waals surface area contributed by atoms with Crippen LogP contribution in [0.3, 0.4) is 0 Å². The van der Waals surface area contributed by atoms with E-state index in [1.54, 1.807) is 0 Å². The molecule has 0 spiro atoms. The molecule has 1 aliphatic rings. The van der Waals surface area contributed by atoms with Crippen molar-refractivity contribution in [3.05, 3.63) is 84.9 Å². The maximum absolute atomic E-state index is 6.39. The summed E-state index contributed by atoms with van der Waals surface area (Å²) in [5.74, 6) is 0. The molecular weight excluding hydrogens is 344 g/mol. The summed E-state index contributed by atoms with van der Waals surface area (Å²) < 4.78 is 6.39. The highest BCUT2D eigenvalue weighted by Gasteiger charge is 2.32. The van der Waals surface area contributed by atoms with Crippen LogP contribution in [0.5, 0.6) is 0 Å². The Morgan fingerprint density at radius 3 is 1.74 bits per heavy atom. The lowest BCUT2D eigenvalue weighted by Crippen LogP contribution is -2.54. The van der Waals surface area contributed by atoms with Gasteiger partial charge in [-0.2, -0.15) is 0 Å². The number of benzene rings is 4. The van der Waals surface area contributed by atoms with Crippen LogP contribution in [0.2, 0.25) is 0 Å². The van der Waals surface area contributed by atoms with Crippen LogP contribution in [0.4, 0.5) is 0 Å². The molecule has 0 aliphatic carbocycles. The average molecular weight is 368 g/mol. The van der Waals surface area contributed by atoms with Gasteiger partial charge in [-0.3, -0.25) is 0 Å². The highest BCUT2D eigenvalue weighted by atomic mass is 28.3. The van der Waals surface area contributed by atoms with E-state index >= 15 is 0 Å². The fourth-order valence-electron chi connectivity index (χ4n) is 4.38. The lowest BCUT2D eigenvalue weighted by molar-refractivity contribution is 0.0644. The van der Waals surface area contributed by atoms with Crippen molar-refractivity contribution < 1.29 is 4.74 Å². The van der Waals surface area contributed by atoms with Crippen molar-refractivity contribution in [3.63, 3.8) is 0 Å². The molecular formula is C25H23OSi. The van der Waals surface area contributed by atoms with Gasteiger partial charge in [0.2, 0.25) is 0 Å². The molecule has 2 heteroatoms. The largest absolute Gasteiger partial charge is 0.381 e. The van der Waals surface area contributed by atoms with E-state index in [1.165, 1.54) is 51.2 Å². The molecule has 4 aromatic carbocycles. The van der Waals surface area contributed by atoms with Crippen molar-refractivity contribution in [1.29, 1.82) is 0 Å². The van der Waals surface area contributed by atoms with Crippen LogP contribution in [0.1, 0.15) is 19.3 Å². The first-order chi connectivity index (χ1) is 13.4. The van der Waals surface area contributed by atoms with E-state index in [-0.39, 0.29) is 0 Å². The zero-order valence-corrected chi connectivity index (χ0v) is 16.4. The highest BCUT2D eigenvalue weighted by molar-refractivity contribution is 6.89. The Morgan fingerprint density at radius 2 is 1.19 bits per heavy atom. The summed E-state index contributed by atoms with van der Waals surface area (Å²) in [5.41, 5.74) is 0.334. The third kappa shape index (κ3) is 3.09. The van der Waals surface area contributed by atoms with Gasteiger partial charge in [-0.1, -0.05) is 84.9 Å². The van der Waals surface area contributed by atoms with Crippen molar-refractivity contribution in [2.45, 2.75) is 25.0 Å². The maximum Gasteiger partial charge on any atom is 0.156 e. The van der Waals surface area contributed by atoms with E-state index in [0.717, 1.165) is 6.61 Å². The Morgan fingerprint density at radius 1 is 0.630 bits per heavy atom. The normalized spacial score (nSPS) is 17.6. The van der Waals surface area contributed by atoms with E-state index in [1.807, 2.05) is 0 Å². The van der Waals surface area contributed by atoms with Gasteiger partial charge in [0, 0.05) is 6.61 Å². The third-order valence-corrected chi connectivity index (χ3v) is 8.79. The summed E-state index contributed by atoms with van der Waals surface area (Å²) in [6, 6.07) is 31.2. The Bertz CT molecular complexity index is 992. The maximum atomic E-state index is 6.39. The van der Waals surface area contributed by atoms with Gasteiger partial charge in [-0.15, -0.1) is 0 Å². The van der Waals surface area contributed by atoms with Gasteiger partial charge in [-0.05, 0) is 51.2 Å². The molecule has 1 unspecified atom stereocenters. The Labute approximate surface area is 162 Å². The zero-order valence-electron chi connectivity index (χ0n) is 15.4. The second kappa shape index (κ2) is 7.30. The number of hydrogen-bond acceptors (Lipinski definition) is 1. The summed E-state index contributed by atoms with van der Waals surface area (Å²) in [6.45, 7) is 0.897. The van der Waals surface area contributed by atoms with Crippen molar-refractivity contribution >= 4 is 40.7 Å². The summed E-state index contributed by atoms with van der Waals surface area (Å²) in [7, 11) is -1.07. The number of fused-ring (bicyclic) bond motifs is 2. The summed E-state index contributed by atoms with van der Waals surface area (Å²) in [6.07, 6.45) is 3.63. The monoisotopic (exact) mass is 367 g/mol. The zero-order chi connectivity index (χ0) is 18.1. The Kier molecular flexibility index (Phi) is 4.52. The smallest absolute Gasteiger partial charge is 0.156 e. The van der Waals surface area contributed by atoms with Gasteiger partial charge in [0.25, 0.3) is 0 Å². The molecule has 27 heavy (non-hydrogen) atoms. The molecule has 1 fully saturated rings. The predicted octanol–water partition coefficient (Wildman–Crippen LogP) is 4.71. The molecule has 0 saturated carbocycles. The van der Waals surface area contributed by atoms with Crippen molar-refractivity contribution in [2.75, 3.05) is 6.61 Å². The predicted molar refractivity (Wildman–Crippen MR) is 117 cm³/mol. The minimum Gasteiger partial charge on any atom is -0.381 e. The molecule has 4 aromatic rings. The number of ether oxygens (including phenoxy) is 1. The van der Waals surface area contributed by atoms with Crippen LogP contribution in [-0.4, -0.2) is 21.1 Å². The molecule has 1 aliphatic heterocycles. The molecule has 1 heterocycles. The van der Waals surface area contributed by atoms with Crippen LogP contribution >= 0.6 is 0 Å². The molecule has 5 rings (SSSR count).